The Labute approximate surface area is 154 Å². The van der Waals surface area contributed by atoms with E-state index in [1.807, 2.05) is 0 Å². The fourth-order valence-electron chi connectivity index (χ4n) is 3.64. The molecule has 2 fully saturated rings. The molecule has 26 heavy (non-hydrogen) atoms. The molecule has 0 radical (unpaired) electrons. The number of ether oxygens (including phenoxy) is 2. The maximum absolute atomic E-state index is 12.8. The van der Waals surface area contributed by atoms with Gasteiger partial charge in [-0.1, -0.05) is 17.7 Å². The van der Waals surface area contributed by atoms with Crippen molar-refractivity contribution < 1.29 is 23.9 Å². The summed E-state index contributed by atoms with van der Waals surface area (Å²) in [5, 5.41) is 5.37. The Morgan fingerprint density at radius 1 is 1.31 bits per heavy atom. The largest absolute Gasteiger partial charge is 0.348 e. The average molecular weight is 380 g/mol. The van der Waals surface area contributed by atoms with Crippen LogP contribution in [0.1, 0.15) is 29.8 Å². The summed E-state index contributed by atoms with van der Waals surface area (Å²) in [6.45, 7) is 3.89. The minimum atomic E-state index is -1.41. The maximum Gasteiger partial charge on any atom is 0.322 e. The van der Waals surface area contributed by atoms with Crippen molar-refractivity contribution in [3.05, 3.63) is 34.3 Å². The predicted molar refractivity (Wildman–Crippen MR) is 90.5 cm³/mol. The molecule has 0 aromatic heterocycles. The summed E-state index contributed by atoms with van der Waals surface area (Å²) >= 11 is 5.98. The predicted octanol–water partition coefficient (Wildman–Crippen LogP) is 1.03. The van der Waals surface area contributed by atoms with E-state index >= 15 is 0 Å². The number of fused-ring (bicyclic) bond motifs is 1. The van der Waals surface area contributed by atoms with Crippen LogP contribution in [0.3, 0.4) is 0 Å². The first-order valence-electron chi connectivity index (χ1n) is 8.23. The van der Waals surface area contributed by atoms with Crippen molar-refractivity contribution in [2.75, 3.05) is 13.2 Å². The van der Waals surface area contributed by atoms with Crippen LogP contribution in [-0.4, -0.2) is 53.3 Å². The summed E-state index contributed by atoms with van der Waals surface area (Å²) in [4.78, 5) is 38.8. The molecule has 0 saturated carbocycles. The van der Waals surface area contributed by atoms with Crippen molar-refractivity contribution in [3.8, 4) is 0 Å². The van der Waals surface area contributed by atoms with E-state index in [1.165, 1.54) is 4.90 Å². The van der Waals surface area contributed by atoms with Crippen LogP contribution in [0.25, 0.3) is 0 Å². The van der Waals surface area contributed by atoms with E-state index in [2.05, 4.69) is 10.6 Å². The monoisotopic (exact) mass is 379 g/mol. The Hall–Kier alpha value is -2.16. The number of amides is 4. The highest BCUT2D eigenvalue weighted by molar-refractivity contribution is 6.31. The minimum Gasteiger partial charge on any atom is -0.348 e. The van der Waals surface area contributed by atoms with Crippen molar-refractivity contribution in [1.29, 1.82) is 0 Å². The van der Waals surface area contributed by atoms with Crippen LogP contribution in [0.4, 0.5) is 4.79 Å². The lowest BCUT2D eigenvalue weighted by molar-refractivity contribution is -0.153. The number of nitrogens with one attached hydrogen (secondary N) is 2. The number of hydrogen-bond acceptors (Lipinski definition) is 5. The van der Waals surface area contributed by atoms with Crippen molar-refractivity contribution in [2.45, 2.75) is 37.8 Å². The number of nitrogens with zero attached hydrogens (tertiary/aromatic N) is 1. The fraction of sp³-hybridized carbons (Fsp3) is 0.471. The first kappa shape index (κ1) is 17.3. The Kier molecular flexibility index (Phi) is 3.76. The van der Waals surface area contributed by atoms with Gasteiger partial charge in [0.15, 0.2) is 11.3 Å². The minimum absolute atomic E-state index is 0.0280. The van der Waals surface area contributed by atoms with Crippen LogP contribution >= 0.6 is 11.6 Å². The molecular formula is C17H18ClN3O5. The Balaban J connectivity index is 1.64. The second-order valence-electron chi connectivity index (χ2n) is 7.16. The van der Waals surface area contributed by atoms with E-state index in [-0.39, 0.29) is 19.1 Å². The summed E-state index contributed by atoms with van der Waals surface area (Å²) in [6.07, 6.45) is -0.718. The van der Waals surface area contributed by atoms with Crippen molar-refractivity contribution in [1.82, 2.24) is 15.5 Å². The van der Waals surface area contributed by atoms with E-state index in [0.717, 1.165) is 5.56 Å². The second kappa shape index (κ2) is 5.67. The van der Waals surface area contributed by atoms with Gasteiger partial charge in [0, 0.05) is 17.1 Å². The molecule has 1 aromatic carbocycles. The van der Waals surface area contributed by atoms with Gasteiger partial charge in [0.1, 0.15) is 6.10 Å². The van der Waals surface area contributed by atoms with Gasteiger partial charge >= 0.3 is 6.03 Å². The number of carbonyl (C=O) groups is 3. The first-order chi connectivity index (χ1) is 12.2. The van der Waals surface area contributed by atoms with Crippen LogP contribution in [0.2, 0.25) is 5.02 Å². The van der Waals surface area contributed by atoms with E-state index in [9.17, 15) is 14.4 Å². The third-order valence-corrected chi connectivity index (χ3v) is 5.15. The highest BCUT2D eigenvalue weighted by Crippen LogP contribution is 2.34. The topological polar surface area (TPSA) is 97.0 Å². The van der Waals surface area contributed by atoms with Crippen LogP contribution in [0.5, 0.6) is 0 Å². The van der Waals surface area contributed by atoms with Gasteiger partial charge in [0.2, 0.25) is 0 Å². The molecule has 2 N–H and O–H groups in total. The molecule has 9 heteroatoms. The van der Waals surface area contributed by atoms with Gasteiger partial charge < -0.3 is 19.7 Å². The molecule has 4 amide bonds. The van der Waals surface area contributed by atoms with E-state index in [0.29, 0.717) is 17.1 Å². The number of urea groups is 1. The third kappa shape index (κ3) is 2.65. The lowest BCUT2D eigenvalue weighted by atomic mass is 9.91. The molecule has 2 saturated heterocycles. The highest BCUT2D eigenvalue weighted by Gasteiger charge is 2.58. The summed E-state index contributed by atoms with van der Waals surface area (Å²) in [5.74, 6) is -1.65. The number of halogens is 1. The van der Waals surface area contributed by atoms with Crippen LogP contribution in [-0.2, 0) is 20.8 Å². The summed E-state index contributed by atoms with van der Waals surface area (Å²) < 4.78 is 11.4. The Morgan fingerprint density at radius 3 is 2.69 bits per heavy atom. The number of hydrogen-bond donors (Lipinski definition) is 2. The molecule has 0 unspecified atom stereocenters. The number of carbonyl (C=O) groups excluding carboxylic acids is 3. The SMILES string of the molecule is CC1(C)OC[C@H]([C@@]2(CN3Cc4ccc(Cl)cc4C3=O)NC(=O)NC2=O)O1. The molecule has 3 aliphatic rings. The second-order valence-corrected chi connectivity index (χ2v) is 7.60. The smallest absolute Gasteiger partial charge is 0.322 e. The summed E-state index contributed by atoms with van der Waals surface area (Å²) in [7, 11) is 0. The molecule has 8 nitrogen and oxygen atoms in total. The lowest BCUT2D eigenvalue weighted by Gasteiger charge is -2.35. The van der Waals surface area contributed by atoms with E-state index < -0.39 is 29.4 Å². The standard InChI is InChI=1S/C17H18ClN3O5/c1-16(2)25-7-12(26-16)17(14(23)19-15(24)20-17)8-21-6-9-3-4-10(18)5-11(9)13(21)22/h3-5,12H,6-8H2,1-2H3,(H2,19,20,23,24)/t12-,17-/m1/s1. The van der Waals surface area contributed by atoms with Crippen molar-refractivity contribution in [3.63, 3.8) is 0 Å². The quantitative estimate of drug-likeness (QED) is 0.764. The summed E-state index contributed by atoms with van der Waals surface area (Å²) in [6, 6.07) is 4.49. The number of rotatable bonds is 3. The zero-order chi connectivity index (χ0) is 18.7. The van der Waals surface area contributed by atoms with Crippen LogP contribution in [0.15, 0.2) is 18.2 Å². The normalized spacial score (nSPS) is 29.7. The molecule has 1 aromatic rings. The molecule has 0 bridgehead atoms. The average Bonchev–Trinajstić information content (AvgIpc) is 3.16. The first-order valence-corrected chi connectivity index (χ1v) is 8.61. The molecule has 138 valence electrons. The maximum atomic E-state index is 12.8. The van der Waals surface area contributed by atoms with Gasteiger partial charge in [-0.25, -0.2) is 4.79 Å². The van der Waals surface area contributed by atoms with Gasteiger partial charge in [-0.3, -0.25) is 14.9 Å². The van der Waals surface area contributed by atoms with E-state index in [4.69, 9.17) is 21.1 Å². The van der Waals surface area contributed by atoms with Crippen molar-refractivity contribution >= 4 is 29.4 Å². The molecule has 3 aliphatic heterocycles. The van der Waals surface area contributed by atoms with Crippen molar-refractivity contribution in [2.24, 2.45) is 0 Å². The zero-order valence-electron chi connectivity index (χ0n) is 14.3. The fourth-order valence-corrected chi connectivity index (χ4v) is 3.81. The van der Waals surface area contributed by atoms with Gasteiger partial charge in [0.05, 0.1) is 13.2 Å². The Bertz CT molecular complexity index is 827. The third-order valence-electron chi connectivity index (χ3n) is 4.92. The molecule has 0 aliphatic carbocycles. The molecule has 0 spiro atoms. The van der Waals surface area contributed by atoms with Gasteiger partial charge in [-0.2, -0.15) is 0 Å². The Morgan fingerprint density at radius 2 is 2.08 bits per heavy atom. The zero-order valence-corrected chi connectivity index (χ0v) is 15.1. The highest BCUT2D eigenvalue weighted by atomic mass is 35.5. The lowest BCUT2D eigenvalue weighted by Crippen LogP contribution is -2.63. The number of benzene rings is 1. The molecular weight excluding hydrogens is 362 g/mol. The molecule has 4 rings (SSSR count). The van der Waals surface area contributed by atoms with E-state index in [1.54, 1.807) is 32.0 Å². The van der Waals surface area contributed by atoms with Crippen LogP contribution in [0, 0.1) is 0 Å². The summed E-state index contributed by atoms with van der Waals surface area (Å²) in [5.41, 5.74) is -0.0868. The van der Waals surface area contributed by atoms with Gasteiger partial charge in [-0.05, 0) is 31.5 Å². The van der Waals surface area contributed by atoms with Gasteiger partial charge in [-0.15, -0.1) is 0 Å². The molecule has 3 heterocycles. The van der Waals surface area contributed by atoms with Gasteiger partial charge in [0.25, 0.3) is 11.8 Å². The number of imide groups is 1. The molecule has 2 atom stereocenters. The van der Waals surface area contributed by atoms with Crippen LogP contribution < -0.4 is 10.6 Å².